The number of hydrogen-bond donors (Lipinski definition) is 2. The molecule has 1 aliphatic rings. The smallest absolute Gasteiger partial charge is 0.334 e. The highest BCUT2D eigenvalue weighted by Crippen LogP contribution is 2.33. The van der Waals surface area contributed by atoms with E-state index in [1.807, 2.05) is 25.2 Å². The van der Waals surface area contributed by atoms with Gasteiger partial charge < -0.3 is 14.9 Å². The predicted molar refractivity (Wildman–Crippen MR) is 106 cm³/mol. The van der Waals surface area contributed by atoms with Gasteiger partial charge in [0.1, 0.15) is 5.78 Å². The van der Waals surface area contributed by atoms with Gasteiger partial charge in [0.15, 0.2) is 6.10 Å². The highest BCUT2D eigenvalue weighted by molar-refractivity contribution is 5.83. The lowest BCUT2D eigenvalue weighted by Gasteiger charge is -2.22. The standard InChI is InChI=1S/C22H34O5/c1-4-15-22(26,5-2)16-9-10-17-13-14-19(23)18(17)11-7-6-8-12-20(24)21(25)27-3/h5-7,9-10,17-18,20,24,26H,2,4,8,11-16H2,1,3H3/t17-,18+,20?,22?/m0/s1. The van der Waals surface area contributed by atoms with Gasteiger partial charge in [-0.3, -0.25) is 4.79 Å². The third kappa shape index (κ3) is 7.81. The van der Waals surface area contributed by atoms with Gasteiger partial charge in [-0.1, -0.05) is 43.7 Å². The average Bonchev–Trinajstić information content (AvgIpc) is 3.00. The molecule has 5 heteroatoms. The summed E-state index contributed by atoms with van der Waals surface area (Å²) in [5.41, 5.74) is -0.871. The number of Topliss-reactive ketones (excluding diaryl/α,β-unsaturated/α-hetero) is 1. The van der Waals surface area contributed by atoms with Crippen molar-refractivity contribution in [1.29, 1.82) is 0 Å². The van der Waals surface area contributed by atoms with Crippen molar-refractivity contribution in [1.82, 2.24) is 0 Å². The van der Waals surface area contributed by atoms with Crippen molar-refractivity contribution in [3.05, 3.63) is 37.0 Å². The first-order chi connectivity index (χ1) is 12.9. The number of methoxy groups -OCH3 is 1. The largest absolute Gasteiger partial charge is 0.467 e. The molecule has 0 aromatic heterocycles. The molecule has 0 amide bonds. The fourth-order valence-corrected chi connectivity index (χ4v) is 3.51. The van der Waals surface area contributed by atoms with Gasteiger partial charge in [-0.05, 0) is 44.4 Å². The lowest BCUT2D eigenvalue weighted by Crippen LogP contribution is -2.24. The van der Waals surface area contributed by atoms with Gasteiger partial charge in [0.25, 0.3) is 0 Å². The van der Waals surface area contributed by atoms with E-state index in [-0.39, 0.29) is 17.6 Å². The molecule has 0 aliphatic heterocycles. The summed E-state index contributed by atoms with van der Waals surface area (Å²) in [5, 5.41) is 19.9. The maximum atomic E-state index is 12.2. The second kappa shape index (κ2) is 11.9. The highest BCUT2D eigenvalue weighted by atomic mass is 16.5. The molecule has 27 heavy (non-hydrogen) atoms. The lowest BCUT2D eigenvalue weighted by molar-refractivity contribution is -0.150. The van der Waals surface area contributed by atoms with E-state index in [4.69, 9.17) is 0 Å². The number of rotatable bonds is 12. The zero-order valence-corrected chi connectivity index (χ0v) is 16.6. The van der Waals surface area contributed by atoms with Crippen LogP contribution in [0.4, 0.5) is 0 Å². The summed E-state index contributed by atoms with van der Waals surface area (Å²) in [7, 11) is 1.25. The maximum absolute atomic E-state index is 12.2. The van der Waals surface area contributed by atoms with Gasteiger partial charge in [0.05, 0.1) is 12.7 Å². The number of ketones is 1. The van der Waals surface area contributed by atoms with Gasteiger partial charge in [0, 0.05) is 12.3 Å². The minimum Gasteiger partial charge on any atom is -0.467 e. The number of aliphatic hydroxyl groups is 2. The monoisotopic (exact) mass is 378 g/mol. The molecular weight excluding hydrogens is 344 g/mol. The van der Waals surface area contributed by atoms with E-state index in [0.717, 1.165) is 12.8 Å². The van der Waals surface area contributed by atoms with E-state index in [1.165, 1.54) is 7.11 Å². The van der Waals surface area contributed by atoms with E-state index >= 15 is 0 Å². The Morgan fingerprint density at radius 1 is 1.41 bits per heavy atom. The molecule has 0 radical (unpaired) electrons. The van der Waals surface area contributed by atoms with Crippen LogP contribution in [0.15, 0.2) is 37.0 Å². The van der Waals surface area contributed by atoms with Crippen molar-refractivity contribution in [3.8, 4) is 0 Å². The van der Waals surface area contributed by atoms with Crippen LogP contribution in [-0.4, -0.2) is 40.8 Å². The second-order valence-electron chi connectivity index (χ2n) is 7.29. The second-order valence-corrected chi connectivity index (χ2v) is 7.29. The summed E-state index contributed by atoms with van der Waals surface area (Å²) in [4.78, 5) is 23.3. The first kappa shape index (κ1) is 23.3. The molecule has 2 N–H and O–H groups in total. The SMILES string of the molecule is C=CC(O)(CC=C[C@H]1CCC(=O)[C@@H]1CC=CCCC(O)C(=O)OC)CCC. The Kier molecular flexibility index (Phi) is 10.3. The molecule has 5 nitrogen and oxygen atoms in total. The van der Waals surface area contributed by atoms with Crippen LogP contribution in [0.1, 0.15) is 58.3 Å². The molecule has 1 fully saturated rings. The summed E-state index contributed by atoms with van der Waals surface area (Å²) < 4.78 is 4.47. The fourth-order valence-electron chi connectivity index (χ4n) is 3.51. The molecule has 152 valence electrons. The van der Waals surface area contributed by atoms with E-state index in [9.17, 15) is 19.8 Å². The Morgan fingerprint density at radius 2 is 2.15 bits per heavy atom. The van der Waals surface area contributed by atoms with Crippen LogP contribution in [0.3, 0.4) is 0 Å². The highest BCUT2D eigenvalue weighted by Gasteiger charge is 2.32. The van der Waals surface area contributed by atoms with E-state index in [1.54, 1.807) is 6.08 Å². The van der Waals surface area contributed by atoms with Gasteiger partial charge in [-0.25, -0.2) is 4.79 Å². The summed E-state index contributed by atoms with van der Waals surface area (Å²) in [6.45, 7) is 5.75. The summed E-state index contributed by atoms with van der Waals surface area (Å²) >= 11 is 0. The molecule has 1 saturated carbocycles. The van der Waals surface area contributed by atoms with Crippen LogP contribution in [0.25, 0.3) is 0 Å². The van der Waals surface area contributed by atoms with Crippen molar-refractivity contribution in [2.75, 3.05) is 7.11 Å². The number of esters is 1. The summed E-state index contributed by atoms with van der Waals surface area (Å²) in [5.74, 6) is -0.192. The predicted octanol–water partition coefficient (Wildman–Crippen LogP) is 3.51. The van der Waals surface area contributed by atoms with Crippen molar-refractivity contribution < 1.29 is 24.5 Å². The molecule has 0 saturated heterocycles. The van der Waals surface area contributed by atoms with Crippen LogP contribution < -0.4 is 0 Å². The Morgan fingerprint density at radius 3 is 2.78 bits per heavy atom. The van der Waals surface area contributed by atoms with E-state index < -0.39 is 17.7 Å². The number of carbonyl (C=O) groups excluding carboxylic acids is 2. The van der Waals surface area contributed by atoms with E-state index in [0.29, 0.717) is 38.5 Å². The zero-order valence-electron chi connectivity index (χ0n) is 16.6. The van der Waals surface area contributed by atoms with Crippen molar-refractivity contribution in [3.63, 3.8) is 0 Å². The third-order valence-electron chi connectivity index (χ3n) is 5.21. The molecule has 4 atom stereocenters. The van der Waals surface area contributed by atoms with Crippen LogP contribution in [0.2, 0.25) is 0 Å². The Bertz CT molecular complexity index is 551. The molecule has 1 aliphatic carbocycles. The molecule has 0 aromatic carbocycles. The van der Waals surface area contributed by atoms with E-state index in [2.05, 4.69) is 17.4 Å². The van der Waals surface area contributed by atoms with Gasteiger partial charge in [-0.2, -0.15) is 0 Å². The number of hydrogen-bond acceptors (Lipinski definition) is 5. The van der Waals surface area contributed by atoms with Crippen molar-refractivity contribution >= 4 is 11.8 Å². The topological polar surface area (TPSA) is 83.8 Å². The maximum Gasteiger partial charge on any atom is 0.334 e. The number of ether oxygens (including phenoxy) is 1. The number of aliphatic hydroxyl groups excluding tert-OH is 1. The van der Waals surface area contributed by atoms with Crippen molar-refractivity contribution in [2.24, 2.45) is 11.8 Å². The minimum atomic E-state index is -1.10. The van der Waals surface area contributed by atoms with Crippen LogP contribution in [0.5, 0.6) is 0 Å². The lowest BCUT2D eigenvalue weighted by atomic mass is 9.89. The minimum absolute atomic E-state index is 0.0361. The quantitative estimate of drug-likeness (QED) is 0.401. The van der Waals surface area contributed by atoms with Crippen LogP contribution in [-0.2, 0) is 14.3 Å². The average molecular weight is 379 g/mol. The fraction of sp³-hybridized carbons (Fsp3) is 0.636. The van der Waals surface area contributed by atoms with Crippen LogP contribution in [0, 0.1) is 11.8 Å². The zero-order chi connectivity index (χ0) is 20.3. The van der Waals surface area contributed by atoms with Gasteiger partial charge in [-0.15, -0.1) is 6.58 Å². The molecule has 2 unspecified atom stereocenters. The van der Waals surface area contributed by atoms with Gasteiger partial charge in [0.2, 0.25) is 0 Å². The summed E-state index contributed by atoms with van der Waals surface area (Å²) in [6, 6.07) is 0. The summed E-state index contributed by atoms with van der Waals surface area (Å²) in [6.07, 6.45) is 13.4. The molecule has 0 bridgehead atoms. The van der Waals surface area contributed by atoms with Crippen molar-refractivity contribution in [2.45, 2.75) is 70.0 Å². The first-order valence-electron chi connectivity index (χ1n) is 9.83. The molecule has 0 heterocycles. The Labute approximate surface area is 162 Å². The molecular formula is C22H34O5. The molecule has 0 aromatic rings. The molecule has 1 rings (SSSR count). The third-order valence-corrected chi connectivity index (χ3v) is 5.21. The van der Waals surface area contributed by atoms with Gasteiger partial charge >= 0.3 is 5.97 Å². The van der Waals surface area contributed by atoms with Crippen LogP contribution >= 0.6 is 0 Å². The molecule has 0 spiro atoms. The normalized spacial score (nSPS) is 23.6. The Balaban J connectivity index is 2.50. The number of carbonyl (C=O) groups is 2. The Hall–Kier alpha value is -1.72. The number of allylic oxidation sites excluding steroid dienone is 3. The first-order valence-corrected chi connectivity index (χ1v) is 9.83.